The molecule has 1 aliphatic heterocycles. The molecule has 1 heterocycles. The molecule has 1 aromatic rings. The highest BCUT2D eigenvalue weighted by molar-refractivity contribution is 5.30. The molecule has 0 spiro atoms. The normalized spacial score (nSPS) is 23.8. The predicted molar refractivity (Wildman–Crippen MR) is 57.2 cm³/mol. The van der Waals surface area contributed by atoms with Crippen LogP contribution in [0.3, 0.4) is 0 Å². The third kappa shape index (κ3) is 2.86. The molecule has 3 nitrogen and oxygen atoms in total. The molecule has 1 N–H and O–H groups in total. The molecule has 1 fully saturated rings. The Balaban J connectivity index is 1.73. The monoisotopic (exact) mass is 208 g/mol. The van der Waals surface area contributed by atoms with E-state index in [9.17, 15) is 0 Å². The Morgan fingerprint density at radius 3 is 2.67 bits per heavy atom. The Kier molecular flexibility index (Phi) is 3.11. The lowest BCUT2D eigenvalue weighted by Gasteiger charge is -2.03. The molecule has 3 heteroatoms. The number of rotatable bonds is 5. The van der Waals surface area contributed by atoms with Crippen molar-refractivity contribution in [3.63, 3.8) is 0 Å². The van der Waals surface area contributed by atoms with E-state index in [4.69, 9.17) is 14.6 Å². The average Bonchev–Trinajstić information content (AvgIpc) is 2.97. The van der Waals surface area contributed by atoms with Crippen LogP contribution in [0.2, 0.25) is 0 Å². The number of hydrogen-bond donors (Lipinski definition) is 1. The van der Waals surface area contributed by atoms with Crippen LogP contribution in [0.25, 0.3) is 0 Å². The van der Waals surface area contributed by atoms with Crippen molar-refractivity contribution in [1.82, 2.24) is 0 Å². The lowest BCUT2D eigenvalue weighted by Crippen LogP contribution is -2.07. The van der Waals surface area contributed by atoms with E-state index in [0.29, 0.717) is 12.7 Å². The summed E-state index contributed by atoms with van der Waals surface area (Å²) in [5.74, 6) is 1.03. The molecule has 15 heavy (non-hydrogen) atoms. The second-order valence-corrected chi connectivity index (χ2v) is 3.81. The first-order chi connectivity index (χ1) is 7.29. The van der Waals surface area contributed by atoms with Crippen molar-refractivity contribution in [3.05, 3.63) is 24.3 Å². The van der Waals surface area contributed by atoms with Gasteiger partial charge in [-0.3, -0.25) is 0 Å². The van der Waals surface area contributed by atoms with E-state index in [0.717, 1.165) is 18.6 Å². The lowest BCUT2D eigenvalue weighted by molar-refractivity contribution is 0.259. The van der Waals surface area contributed by atoms with Crippen LogP contribution in [-0.4, -0.2) is 23.9 Å². The number of benzene rings is 1. The minimum Gasteiger partial charge on any atom is -0.508 e. The highest BCUT2D eigenvalue weighted by Crippen LogP contribution is 2.27. The fraction of sp³-hybridized carbons (Fsp3) is 0.500. The second-order valence-electron chi connectivity index (χ2n) is 3.81. The summed E-state index contributed by atoms with van der Waals surface area (Å²) in [5.41, 5.74) is 0. The number of aromatic hydroxyl groups is 1. The van der Waals surface area contributed by atoms with Crippen molar-refractivity contribution in [2.45, 2.75) is 32.0 Å². The van der Waals surface area contributed by atoms with Gasteiger partial charge in [-0.2, -0.15) is 0 Å². The van der Waals surface area contributed by atoms with Crippen LogP contribution in [0, 0.1) is 0 Å². The van der Waals surface area contributed by atoms with Gasteiger partial charge in [-0.1, -0.05) is 13.3 Å². The SMILES string of the molecule is CCCC1OC1COc1ccc(O)cc1. The number of ether oxygens (including phenoxy) is 2. The van der Waals surface area contributed by atoms with Crippen molar-refractivity contribution >= 4 is 0 Å². The minimum atomic E-state index is 0.258. The molecule has 0 amide bonds. The zero-order chi connectivity index (χ0) is 10.7. The summed E-state index contributed by atoms with van der Waals surface area (Å²) in [6.45, 7) is 2.76. The summed E-state index contributed by atoms with van der Waals surface area (Å²) in [4.78, 5) is 0. The molecule has 0 bridgehead atoms. The fourth-order valence-electron chi connectivity index (χ4n) is 1.58. The van der Waals surface area contributed by atoms with E-state index < -0.39 is 0 Å². The van der Waals surface area contributed by atoms with Gasteiger partial charge in [0, 0.05) is 0 Å². The van der Waals surface area contributed by atoms with Gasteiger partial charge in [0.15, 0.2) is 0 Å². The molecular weight excluding hydrogens is 192 g/mol. The Hall–Kier alpha value is -1.22. The van der Waals surface area contributed by atoms with Gasteiger partial charge in [0.25, 0.3) is 0 Å². The van der Waals surface area contributed by atoms with Gasteiger partial charge in [-0.25, -0.2) is 0 Å². The van der Waals surface area contributed by atoms with E-state index in [1.165, 1.54) is 0 Å². The summed E-state index contributed by atoms with van der Waals surface area (Å²) >= 11 is 0. The molecular formula is C12H16O3. The first-order valence-electron chi connectivity index (χ1n) is 5.37. The van der Waals surface area contributed by atoms with Crippen molar-refractivity contribution < 1.29 is 14.6 Å². The summed E-state index contributed by atoms with van der Waals surface area (Å²) in [6, 6.07) is 6.75. The highest BCUT2D eigenvalue weighted by atomic mass is 16.6. The van der Waals surface area contributed by atoms with Crippen LogP contribution in [0.4, 0.5) is 0 Å². The maximum Gasteiger partial charge on any atom is 0.119 e. The second kappa shape index (κ2) is 4.53. The van der Waals surface area contributed by atoms with Gasteiger partial charge in [0.05, 0.1) is 6.10 Å². The van der Waals surface area contributed by atoms with Crippen LogP contribution in [0.15, 0.2) is 24.3 Å². The molecule has 2 unspecified atom stereocenters. The topological polar surface area (TPSA) is 42.0 Å². The molecule has 0 aliphatic carbocycles. The molecule has 2 atom stereocenters. The molecule has 2 rings (SSSR count). The van der Waals surface area contributed by atoms with Crippen LogP contribution in [0.5, 0.6) is 11.5 Å². The standard InChI is InChI=1S/C12H16O3/c1-2-3-11-12(15-11)8-14-10-6-4-9(13)5-7-10/h4-7,11-13H,2-3,8H2,1H3. The Morgan fingerprint density at radius 1 is 1.27 bits per heavy atom. The average molecular weight is 208 g/mol. The summed E-state index contributed by atoms with van der Waals surface area (Å²) in [7, 11) is 0. The first kappa shape index (κ1) is 10.3. The third-order valence-electron chi connectivity index (χ3n) is 2.51. The zero-order valence-corrected chi connectivity index (χ0v) is 8.85. The maximum atomic E-state index is 9.08. The number of epoxide rings is 1. The van der Waals surface area contributed by atoms with Crippen molar-refractivity contribution in [2.75, 3.05) is 6.61 Å². The zero-order valence-electron chi connectivity index (χ0n) is 8.85. The van der Waals surface area contributed by atoms with Crippen LogP contribution in [-0.2, 0) is 4.74 Å². The van der Waals surface area contributed by atoms with Gasteiger partial charge in [-0.05, 0) is 30.7 Å². The predicted octanol–water partition coefficient (Wildman–Crippen LogP) is 2.34. The quantitative estimate of drug-likeness (QED) is 0.755. The first-order valence-corrected chi connectivity index (χ1v) is 5.37. The lowest BCUT2D eigenvalue weighted by atomic mass is 10.2. The Morgan fingerprint density at radius 2 is 2.00 bits per heavy atom. The molecule has 1 aromatic carbocycles. The number of phenols is 1. The summed E-state index contributed by atoms with van der Waals surface area (Å²) in [5, 5.41) is 9.08. The van der Waals surface area contributed by atoms with E-state index in [2.05, 4.69) is 6.92 Å². The van der Waals surface area contributed by atoms with Crippen molar-refractivity contribution in [3.8, 4) is 11.5 Å². The third-order valence-corrected chi connectivity index (χ3v) is 2.51. The van der Waals surface area contributed by atoms with Crippen LogP contribution < -0.4 is 4.74 Å². The summed E-state index contributed by atoms with van der Waals surface area (Å²) < 4.78 is 11.0. The maximum absolute atomic E-state index is 9.08. The highest BCUT2D eigenvalue weighted by Gasteiger charge is 2.38. The van der Waals surface area contributed by atoms with Gasteiger partial charge < -0.3 is 14.6 Å². The van der Waals surface area contributed by atoms with E-state index in [-0.39, 0.29) is 11.9 Å². The minimum absolute atomic E-state index is 0.258. The van der Waals surface area contributed by atoms with Gasteiger partial charge >= 0.3 is 0 Å². The van der Waals surface area contributed by atoms with Crippen molar-refractivity contribution in [2.24, 2.45) is 0 Å². The van der Waals surface area contributed by atoms with E-state index in [1.807, 2.05) is 0 Å². The molecule has 1 aliphatic rings. The smallest absolute Gasteiger partial charge is 0.119 e. The van der Waals surface area contributed by atoms with Crippen LogP contribution >= 0.6 is 0 Å². The molecule has 1 saturated heterocycles. The Bertz CT molecular complexity index is 307. The molecule has 0 aromatic heterocycles. The number of hydrogen-bond acceptors (Lipinski definition) is 3. The summed E-state index contributed by atoms with van der Waals surface area (Å²) in [6.07, 6.45) is 2.93. The van der Waals surface area contributed by atoms with Crippen molar-refractivity contribution in [1.29, 1.82) is 0 Å². The van der Waals surface area contributed by atoms with Gasteiger partial charge in [0.1, 0.15) is 24.2 Å². The molecule has 0 saturated carbocycles. The van der Waals surface area contributed by atoms with Gasteiger partial charge in [-0.15, -0.1) is 0 Å². The van der Waals surface area contributed by atoms with Crippen LogP contribution in [0.1, 0.15) is 19.8 Å². The van der Waals surface area contributed by atoms with E-state index >= 15 is 0 Å². The fourth-order valence-corrected chi connectivity index (χ4v) is 1.58. The Labute approximate surface area is 89.6 Å². The number of phenolic OH excluding ortho intramolecular Hbond substituents is 1. The molecule has 82 valence electrons. The van der Waals surface area contributed by atoms with Gasteiger partial charge in [0.2, 0.25) is 0 Å². The molecule has 0 radical (unpaired) electrons. The largest absolute Gasteiger partial charge is 0.508 e. The van der Waals surface area contributed by atoms with E-state index in [1.54, 1.807) is 24.3 Å².